The molecule has 20 heavy (non-hydrogen) atoms. The summed E-state index contributed by atoms with van der Waals surface area (Å²) in [6.07, 6.45) is 0. The summed E-state index contributed by atoms with van der Waals surface area (Å²) in [7, 11) is 1.60. The molecule has 0 aliphatic heterocycles. The number of rotatable bonds is 4. The Morgan fingerprint density at radius 3 is 2.70 bits per heavy atom. The molecule has 0 atom stereocenters. The largest absolute Gasteiger partial charge is 0.497 e. The van der Waals surface area contributed by atoms with Gasteiger partial charge < -0.3 is 21.5 Å². The van der Waals surface area contributed by atoms with Gasteiger partial charge in [-0.3, -0.25) is 4.79 Å². The molecule has 0 spiro atoms. The van der Waals surface area contributed by atoms with Gasteiger partial charge in [-0.25, -0.2) is 0 Å². The molecule has 2 aromatic rings. The third-order valence-corrected chi connectivity index (χ3v) is 2.91. The highest BCUT2D eigenvalue weighted by Gasteiger charge is 2.09. The van der Waals surface area contributed by atoms with E-state index in [1.807, 2.05) is 24.3 Å². The summed E-state index contributed by atoms with van der Waals surface area (Å²) in [5.41, 5.74) is 13.6. The first-order valence-corrected chi connectivity index (χ1v) is 6.16. The standard InChI is InChI=1S/C15H17N3O2/c1-20-12-4-2-3-10(7-12)9-18-15(19)13-6-5-11(16)8-14(13)17/h2-8H,9,16-17H2,1H3,(H,18,19). The summed E-state index contributed by atoms with van der Waals surface area (Å²) < 4.78 is 5.13. The lowest BCUT2D eigenvalue weighted by molar-refractivity contribution is 0.0952. The normalized spacial score (nSPS) is 10.1. The van der Waals surface area contributed by atoms with Crippen LogP contribution in [0.3, 0.4) is 0 Å². The van der Waals surface area contributed by atoms with E-state index in [0.29, 0.717) is 23.5 Å². The van der Waals surface area contributed by atoms with Crippen LogP contribution in [-0.4, -0.2) is 13.0 Å². The summed E-state index contributed by atoms with van der Waals surface area (Å²) in [5.74, 6) is 0.522. The molecule has 0 aliphatic rings. The SMILES string of the molecule is COc1cccc(CNC(=O)c2ccc(N)cc2N)c1. The van der Waals surface area contributed by atoms with Gasteiger partial charge in [0.25, 0.3) is 5.91 Å². The molecule has 2 rings (SSSR count). The Balaban J connectivity index is 2.04. The van der Waals surface area contributed by atoms with Gasteiger partial charge >= 0.3 is 0 Å². The van der Waals surface area contributed by atoms with Gasteiger partial charge in [-0.1, -0.05) is 12.1 Å². The molecule has 0 fully saturated rings. The van der Waals surface area contributed by atoms with Crippen molar-refractivity contribution in [2.75, 3.05) is 18.6 Å². The van der Waals surface area contributed by atoms with Gasteiger partial charge in [0.2, 0.25) is 0 Å². The maximum atomic E-state index is 12.0. The lowest BCUT2D eigenvalue weighted by Gasteiger charge is -2.09. The molecule has 5 nitrogen and oxygen atoms in total. The molecular weight excluding hydrogens is 254 g/mol. The molecule has 0 saturated heterocycles. The molecule has 0 unspecified atom stereocenters. The van der Waals surface area contributed by atoms with Gasteiger partial charge in [0.05, 0.1) is 12.7 Å². The number of nitrogen functional groups attached to an aromatic ring is 2. The highest BCUT2D eigenvalue weighted by Crippen LogP contribution is 2.16. The predicted octanol–water partition coefficient (Wildman–Crippen LogP) is 1.79. The molecule has 0 heterocycles. The van der Waals surface area contributed by atoms with E-state index in [1.54, 1.807) is 25.3 Å². The first kappa shape index (κ1) is 13.7. The number of anilines is 2. The number of amides is 1. The highest BCUT2D eigenvalue weighted by atomic mass is 16.5. The predicted molar refractivity (Wildman–Crippen MR) is 79.4 cm³/mol. The van der Waals surface area contributed by atoms with Crippen molar-refractivity contribution < 1.29 is 9.53 Å². The van der Waals surface area contributed by atoms with Gasteiger partial charge in [-0.15, -0.1) is 0 Å². The van der Waals surface area contributed by atoms with E-state index in [1.165, 1.54) is 0 Å². The van der Waals surface area contributed by atoms with Crippen LogP contribution in [0, 0.1) is 0 Å². The highest BCUT2D eigenvalue weighted by molar-refractivity contribution is 5.99. The molecule has 0 bridgehead atoms. The van der Waals surface area contributed by atoms with Gasteiger partial charge in [0.1, 0.15) is 5.75 Å². The molecule has 0 aliphatic carbocycles. The molecule has 104 valence electrons. The number of carbonyl (C=O) groups is 1. The van der Waals surface area contributed by atoms with Crippen molar-refractivity contribution in [3.63, 3.8) is 0 Å². The summed E-state index contributed by atoms with van der Waals surface area (Å²) in [5, 5.41) is 2.81. The number of hydrogen-bond acceptors (Lipinski definition) is 4. The fraction of sp³-hybridized carbons (Fsp3) is 0.133. The summed E-state index contributed by atoms with van der Waals surface area (Å²) in [4.78, 5) is 12.0. The lowest BCUT2D eigenvalue weighted by Crippen LogP contribution is -2.23. The fourth-order valence-corrected chi connectivity index (χ4v) is 1.85. The Kier molecular flexibility index (Phi) is 4.10. The van der Waals surface area contributed by atoms with E-state index in [-0.39, 0.29) is 5.91 Å². The first-order valence-electron chi connectivity index (χ1n) is 6.16. The van der Waals surface area contributed by atoms with Gasteiger partial charge in [0.15, 0.2) is 0 Å². The number of ether oxygens (including phenoxy) is 1. The molecule has 5 N–H and O–H groups in total. The Hall–Kier alpha value is -2.69. The Bertz CT molecular complexity index is 626. The number of nitrogens with one attached hydrogen (secondary N) is 1. The van der Waals surface area contributed by atoms with Crippen LogP contribution >= 0.6 is 0 Å². The van der Waals surface area contributed by atoms with Crippen molar-refractivity contribution in [3.8, 4) is 5.75 Å². The smallest absolute Gasteiger partial charge is 0.253 e. The third-order valence-electron chi connectivity index (χ3n) is 2.91. The van der Waals surface area contributed by atoms with E-state index >= 15 is 0 Å². The van der Waals surface area contributed by atoms with E-state index < -0.39 is 0 Å². The Labute approximate surface area is 117 Å². The third kappa shape index (κ3) is 3.20. The van der Waals surface area contributed by atoms with E-state index in [0.717, 1.165) is 11.3 Å². The van der Waals surface area contributed by atoms with E-state index in [4.69, 9.17) is 16.2 Å². The minimum Gasteiger partial charge on any atom is -0.497 e. The quantitative estimate of drug-likeness (QED) is 0.739. The van der Waals surface area contributed by atoms with Crippen LogP contribution in [0.15, 0.2) is 42.5 Å². The van der Waals surface area contributed by atoms with Crippen LogP contribution in [0.1, 0.15) is 15.9 Å². The van der Waals surface area contributed by atoms with Crippen molar-refractivity contribution in [1.29, 1.82) is 0 Å². The molecule has 5 heteroatoms. The van der Waals surface area contributed by atoms with Crippen molar-refractivity contribution >= 4 is 17.3 Å². The number of nitrogens with two attached hydrogens (primary N) is 2. The number of methoxy groups -OCH3 is 1. The molecule has 2 aromatic carbocycles. The monoisotopic (exact) mass is 271 g/mol. The maximum Gasteiger partial charge on any atom is 0.253 e. The van der Waals surface area contributed by atoms with E-state index in [9.17, 15) is 4.79 Å². The second-order valence-electron chi connectivity index (χ2n) is 4.38. The van der Waals surface area contributed by atoms with Crippen molar-refractivity contribution in [2.24, 2.45) is 0 Å². The molecule has 0 radical (unpaired) electrons. The minimum absolute atomic E-state index is 0.231. The first-order chi connectivity index (χ1) is 9.60. The molecule has 0 saturated carbocycles. The maximum absolute atomic E-state index is 12.0. The zero-order valence-corrected chi connectivity index (χ0v) is 11.2. The molecule has 0 aromatic heterocycles. The van der Waals surface area contributed by atoms with Gasteiger partial charge in [-0.05, 0) is 35.9 Å². The second kappa shape index (κ2) is 5.97. The number of benzene rings is 2. The van der Waals surface area contributed by atoms with Gasteiger partial charge in [0, 0.05) is 17.9 Å². The molecule has 1 amide bonds. The summed E-state index contributed by atoms with van der Waals surface area (Å²) in [6.45, 7) is 0.403. The Morgan fingerprint density at radius 2 is 2.00 bits per heavy atom. The van der Waals surface area contributed by atoms with Crippen LogP contribution in [0.4, 0.5) is 11.4 Å². The zero-order valence-electron chi connectivity index (χ0n) is 11.2. The van der Waals surface area contributed by atoms with Crippen LogP contribution < -0.4 is 21.5 Å². The van der Waals surface area contributed by atoms with Crippen molar-refractivity contribution in [3.05, 3.63) is 53.6 Å². The lowest BCUT2D eigenvalue weighted by atomic mass is 10.1. The van der Waals surface area contributed by atoms with Crippen molar-refractivity contribution in [1.82, 2.24) is 5.32 Å². The zero-order chi connectivity index (χ0) is 14.5. The minimum atomic E-state index is -0.231. The average molecular weight is 271 g/mol. The average Bonchev–Trinajstić information content (AvgIpc) is 2.45. The topological polar surface area (TPSA) is 90.4 Å². The van der Waals surface area contributed by atoms with Gasteiger partial charge in [-0.2, -0.15) is 0 Å². The van der Waals surface area contributed by atoms with E-state index in [2.05, 4.69) is 5.32 Å². The fourth-order valence-electron chi connectivity index (χ4n) is 1.85. The second-order valence-corrected chi connectivity index (χ2v) is 4.38. The van der Waals surface area contributed by atoms with Crippen LogP contribution in [-0.2, 0) is 6.54 Å². The molecular formula is C15H17N3O2. The van der Waals surface area contributed by atoms with Crippen LogP contribution in [0.25, 0.3) is 0 Å². The summed E-state index contributed by atoms with van der Waals surface area (Å²) >= 11 is 0. The Morgan fingerprint density at radius 1 is 1.20 bits per heavy atom. The summed E-state index contributed by atoms with van der Waals surface area (Å²) in [6, 6.07) is 12.3. The van der Waals surface area contributed by atoms with Crippen LogP contribution in [0.5, 0.6) is 5.75 Å². The van der Waals surface area contributed by atoms with Crippen LogP contribution in [0.2, 0.25) is 0 Å². The van der Waals surface area contributed by atoms with Crippen molar-refractivity contribution in [2.45, 2.75) is 6.54 Å². The number of hydrogen-bond donors (Lipinski definition) is 3. The number of carbonyl (C=O) groups excluding carboxylic acids is 1.